The van der Waals surface area contributed by atoms with E-state index < -0.39 is 5.91 Å². The molecule has 1 aromatic heterocycles. The Kier molecular flexibility index (Phi) is 2.74. The Hall–Kier alpha value is -1.69. The van der Waals surface area contributed by atoms with Gasteiger partial charge in [-0.25, -0.2) is 9.37 Å². The van der Waals surface area contributed by atoms with E-state index in [0.29, 0.717) is 10.6 Å². The average molecular weight is 239 g/mol. The van der Waals surface area contributed by atoms with Crippen LogP contribution in [0.2, 0.25) is 0 Å². The molecule has 0 unspecified atom stereocenters. The van der Waals surface area contributed by atoms with Crippen molar-refractivity contribution in [3.63, 3.8) is 0 Å². The number of carbonyl (C=O) groups excluding carboxylic acids is 1. The Labute approximate surface area is 95.5 Å². The monoisotopic (exact) mass is 239 g/mol. The highest BCUT2D eigenvalue weighted by Crippen LogP contribution is 2.29. The van der Waals surface area contributed by atoms with Crippen molar-refractivity contribution >= 4 is 32.6 Å². The molecule has 1 amide bonds. The third-order valence-electron chi connectivity index (χ3n) is 2.08. The second-order valence-corrected chi connectivity index (χ2v) is 4.41. The Morgan fingerprint density at radius 3 is 3.00 bits per heavy atom. The van der Waals surface area contributed by atoms with Crippen LogP contribution in [0.1, 0.15) is 0 Å². The van der Waals surface area contributed by atoms with E-state index in [0.717, 1.165) is 4.70 Å². The Bertz CT molecular complexity index is 540. The third kappa shape index (κ3) is 1.96. The number of thiazole rings is 1. The van der Waals surface area contributed by atoms with E-state index in [-0.39, 0.29) is 12.4 Å². The van der Waals surface area contributed by atoms with Crippen LogP contribution >= 0.6 is 11.3 Å². The molecule has 2 rings (SSSR count). The lowest BCUT2D eigenvalue weighted by molar-refractivity contribution is -0.116. The predicted molar refractivity (Wildman–Crippen MR) is 62.0 cm³/mol. The molecule has 2 aromatic rings. The molecule has 6 heteroatoms. The lowest BCUT2D eigenvalue weighted by Crippen LogP contribution is -2.30. The highest BCUT2D eigenvalue weighted by atomic mass is 32.1. The number of fused-ring (bicyclic) bond motifs is 1. The number of likely N-dealkylation sites (N-methyl/N-ethyl adjacent to an activating group) is 1. The van der Waals surface area contributed by atoms with Crippen molar-refractivity contribution in [3.05, 3.63) is 24.0 Å². The molecule has 84 valence electrons. The number of benzene rings is 1. The van der Waals surface area contributed by atoms with Crippen LogP contribution in [0.5, 0.6) is 0 Å². The summed E-state index contributed by atoms with van der Waals surface area (Å²) < 4.78 is 14.1. The number of halogens is 1. The van der Waals surface area contributed by atoms with Gasteiger partial charge in [0.25, 0.3) is 0 Å². The molecule has 2 N–H and O–H groups in total. The first-order valence-corrected chi connectivity index (χ1v) is 5.44. The molecule has 0 spiro atoms. The van der Waals surface area contributed by atoms with Crippen molar-refractivity contribution in [3.8, 4) is 0 Å². The summed E-state index contributed by atoms with van der Waals surface area (Å²) in [5.74, 6) is -0.797. The van der Waals surface area contributed by atoms with E-state index in [1.165, 1.54) is 17.4 Å². The molecule has 1 aromatic carbocycles. The number of rotatable bonds is 3. The molecule has 0 fully saturated rings. The van der Waals surface area contributed by atoms with Crippen LogP contribution in [-0.4, -0.2) is 24.5 Å². The number of anilines is 1. The van der Waals surface area contributed by atoms with Crippen LogP contribution in [0.4, 0.5) is 9.52 Å². The molecule has 0 aliphatic carbocycles. The molecular formula is C10H10FN3OS. The molecule has 0 radical (unpaired) electrons. The maximum atomic E-state index is 13.4. The number of hydrogen-bond donors (Lipinski definition) is 1. The van der Waals surface area contributed by atoms with Crippen LogP contribution in [0, 0.1) is 5.82 Å². The first-order chi connectivity index (χ1) is 7.58. The number of nitrogens with zero attached hydrogens (tertiary/aromatic N) is 2. The third-order valence-corrected chi connectivity index (χ3v) is 3.21. The van der Waals surface area contributed by atoms with Gasteiger partial charge in [0.15, 0.2) is 5.13 Å². The SMILES string of the molecule is CN(CC(N)=O)c1nc2c(F)cccc2s1. The molecule has 0 aliphatic rings. The summed E-state index contributed by atoms with van der Waals surface area (Å²) in [5.41, 5.74) is 5.41. The Morgan fingerprint density at radius 2 is 2.38 bits per heavy atom. The maximum absolute atomic E-state index is 13.4. The van der Waals surface area contributed by atoms with E-state index in [2.05, 4.69) is 4.98 Å². The smallest absolute Gasteiger partial charge is 0.237 e. The fourth-order valence-corrected chi connectivity index (χ4v) is 2.31. The van der Waals surface area contributed by atoms with Gasteiger partial charge < -0.3 is 10.6 Å². The van der Waals surface area contributed by atoms with Gasteiger partial charge in [-0.3, -0.25) is 4.79 Å². The van der Waals surface area contributed by atoms with Crippen molar-refractivity contribution in [2.75, 3.05) is 18.5 Å². The van der Waals surface area contributed by atoms with Crippen molar-refractivity contribution in [1.82, 2.24) is 4.98 Å². The summed E-state index contributed by atoms with van der Waals surface area (Å²) in [6, 6.07) is 4.78. The lowest BCUT2D eigenvalue weighted by Gasteiger charge is -2.11. The zero-order valence-corrected chi connectivity index (χ0v) is 9.42. The fourth-order valence-electron chi connectivity index (χ4n) is 1.37. The lowest BCUT2D eigenvalue weighted by atomic mass is 10.3. The number of nitrogens with two attached hydrogens (primary N) is 1. The molecule has 16 heavy (non-hydrogen) atoms. The first-order valence-electron chi connectivity index (χ1n) is 4.62. The summed E-state index contributed by atoms with van der Waals surface area (Å²) in [5, 5.41) is 0.582. The van der Waals surface area contributed by atoms with Gasteiger partial charge in [0.2, 0.25) is 5.91 Å². The Balaban J connectivity index is 2.39. The van der Waals surface area contributed by atoms with Crippen molar-refractivity contribution in [1.29, 1.82) is 0 Å². The van der Waals surface area contributed by atoms with Crippen LogP contribution < -0.4 is 10.6 Å². The van der Waals surface area contributed by atoms with Gasteiger partial charge in [-0.2, -0.15) is 0 Å². The van der Waals surface area contributed by atoms with Gasteiger partial charge in [-0.05, 0) is 12.1 Å². The zero-order valence-electron chi connectivity index (χ0n) is 8.61. The van der Waals surface area contributed by atoms with Gasteiger partial charge in [0.05, 0.1) is 11.2 Å². The maximum Gasteiger partial charge on any atom is 0.237 e. The highest BCUT2D eigenvalue weighted by Gasteiger charge is 2.12. The second kappa shape index (κ2) is 4.05. The quantitative estimate of drug-likeness (QED) is 0.879. The molecule has 0 atom stereocenters. The van der Waals surface area contributed by atoms with Crippen molar-refractivity contribution in [2.45, 2.75) is 0 Å². The van der Waals surface area contributed by atoms with Gasteiger partial charge in [0.1, 0.15) is 11.3 Å². The number of carbonyl (C=O) groups is 1. The second-order valence-electron chi connectivity index (χ2n) is 3.41. The van der Waals surface area contributed by atoms with E-state index in [1.54, 1.807) is 24.1 Å². The minimum atomic E-state index is -0.442. The minimum absolute atomic E-state index is 0.0709. The largest absolute Gasteiger partial charge is 0.368 e. The van der Waals surface area contributed by atoms with Gasteiger partial charge >= 0.3 is 0 Å². The van der Waals surface area contributed by atoms with Gasteiger partial charge in [-0.1, -0.05) is 17.4 Å². The molecule has 1 heterocycles. The van der Waals surface area contributed by atoms with E-state index in [1.807, 2.05) is 0 Å². The zero-order chi connectivity index (χ0) is 11.7. The summed E-state index contributed by atoms with van der Waals surface area (Å²) in [6.45, 7) is 0.0709. The number of para-hydroxylation sites is 1. The number of hydrogen-bond acceptors (Lipinski definition) is 4. The normalized spacial score (nSPS) is 10.6. The van der Waals surface area contributed by atoms with Crippen LogP contribution in [-0.2, 0) is 4.79 Å². The number of primary amides is 1. The molecular weight excluding hydrogens is 229 g/mol. The summed E-state index contributed by atoms with van der Waals surface area (Å²) in [7, 11) is 1.69. The van der Waals surface area contributed by atoms with Crippen molar-refractivity contribution < 1.29 is 9.18 Å². The summed E-state index contributed by atoms with van der Waals surface area (Å²) >= 11 is 1.33. The summed E-state index contributed by atoms with van der Waals surface area (Å²) in [4.78, 5) is 16.5. The highest BCUT2D eigenvalue weighted by molar-refractivity contribution is 7.22. The topological polar surface area (TPSA) is 59.2 Å². The standard InChI is InChI=1S/C10H10FN3OS/c1-14(5-8(12)15)10-13-9-6(11)3-2-4-7(9)16-10/h2-4H,5H2,1H3,(H2,12,15). The predicted octanol–water partition coefficient (Wildman–Crippen LogP) is 1.36. The molecule has 0 saturated heterocycles. The van der Waals surface area contributed by atoms with E-state index >= 15 is 0 Å². The summed E-state index contributed by atoms with van der Waals surface area (Å²) in [6.07, 6.45) is 0. The average Bonchev–Trinajstić information content (AvgIpc) is 2.61. The van der Waals surface area contributed by atoms with Crippen LogP contribution in [0.3, 0.4) is 0 Å². The van der Waals surface area contributed by atoms with E-state index in [4.69, 9.17) is 5.73 Å². The van der Waals surface area contributed by atoms with Gasteiger partial charge in [0, 0.05) is 7.05 Å². The first kappa shape index (κ1) is 10.8. The van der Waals surface area contributed by atoms with Gasteiger partial charge in [-0.15, -0.1) is 0 Å². The molecule has 0 bridgehead atoms. The number of amides is 1. The minimum Gasteiger partial charge on any atom is -0.368 e. The molecule has 0 aliphatic heterocycles. The van der Waals surface area contributed by atoms with Crippen molar-refractivity contribution in [2.24, 2.45) is 5.73 Å². The number of aromatic nitrogens is 1. The molecule has 0 saturated carbocycles. The Morgan fingerprint density at radius 1 is 1.62 bits per heavy atom. The van der Waals surface area contributed by atoms with Crippen LogP contribution in [0.15, 0.2) is 18.2 Å². The van der Waals surface area contributed by atoms with E-state index in [9.17, 15) is 9.18 Å². The molecule has 4 nitrogen and oxygen atoms in total. The fraction of sp³-hybridized carbons (Fsp3) is 0.200. The van der Waals surface area contributed by atoms with Crippen LogP contribution in [0.25, 0.3) is 10.2 Å².